The van der Waals surface area contributed by atoms with Gasteiger partial charge in [-0.2, -0.15) is 0 Å². The molecule has 1 saturated heterocycles. The van der Waals surface area contributed by atoms with Gasteiger partial charge in [-0.1, -0.05) is 36.4 Å². The largest absolute Gasteiger partial charge is 0.355 e. The van der Waals surface area contributed by atoms with E-state index in [1.165, 1.54) is 6.07 Å². The van der Waals surface area contributed by atoms with Gasteiger partial charge in [-0.25, -0.2) is 4.39 Å². The predicted molar refractivity (Wildman–Crippen MR) is 112 cm³/mol. The number of hydrogen-bond acceptors (Lipinski definition) is 4. The Bertz CT molecular complexity index is 984. The highest BCUT2D eigenvalue weighted by molar-refractivity contribution is 5.92. The summed E-state index contributed by atoms with van der Waals surface area (Å²) in [6.45, 7) is 3.17. The first-order chi connectivity index (χ1) is 14.1. The molecule has 6 heteroatoms. The number of carbonyl (C=O) groups excluding carboxylic acids is 1. The smallest absolute Gasteiger partial charge is 0.227 e. The maximum absolute atomic E-state index is 13.7. The molecule has 0 saturated carbocycles. The normalized spacial score (nSPS) is 14.6. The highest BCUT2D eigenvalue weighted by atomic mass is 19.1. The second kappa shape index (κ2) is 8.39. The Kier molecular flexibility index (Phi) is 5.51. The lowest BCUT2D eigenvalue weighted by molar-refractivity contribution is -0.120. The lowest BCUT2D eigenvalue weighted by Crippen LogP contribution is -2.38. The van der Waals surface area contributed by atoms with E-state index in [4.69, 9.17) is 0 Å². The van der Waals surface area contributed by atoms with Crippen LogP contribution in [0.15, 0.2) is 60.7 Å². The van der Waals surface area contributed by atoms with Crippen LogP contribution in [-0.2, 0) is 4.79 Å². The van der Waals surface area contributed by atoms with E-state index in [1.807, 2.05) is 42.5 Å². The topological polar surface area (TPSA) is 58.1 Å². The van der Waals surface area contributed by atoms with E-state index < -0.39 is 0 Å². The van der Waals surface area contributed by atoms with Crippen molar-refractivity contribution in [2.24, 2.45) is 5.92 Å². The Morgan fingerprint density at radius 2 is 1.79 bits per heavy atom. The van der Waals surface area contributed by atoms with E-state index in [1.54, 1.807) is 19.1 Å². The van der Waals surface area contributed by atoms with E-state index in [0.29, 0.717) is 11.3 Å². The molecule has 1 fully saturated rings. The van der Waals surface area contributed by atoms with Gasteiger partial charge in [-0.3, -0.25) is 4.79 Å². The van der Waals surface area contributed by atoms with Crippen LogP contribution in [0.25, 0.3) is 11.3 Å². The Morgan fingerprint density at radius 1 is 1.03 bits per heavy atom. The van der Waals surface area contributed by atoms with Gasteiger partial charge < -0.3 is 10.2 Å². The van der Waals surface area contributed by atoms with Crippen molar-refractivity contribution in [1.82, 2.24) is 10.2 Å². The maximum atomic E-state index is 13.7. The van der Waals surface area contributed by atoms with Crippen molar-refractivity contribution in [2.75, 3.05) is 23.3 Å². The second-order valence-electron chi connectivity index (χ2n) is 7.36. The summed E-state index contributed by atoms with van der Waals surface area (Å²) in [6, 6.07) is 18.7. The summed E-state index contributed by atoms with van der Waals surface area (Å²) < 4.78 is 13.7. The number of halogens is 1. The summed E-state index contributed by atoms with van der Waals surface area (Å²) in [5, 5.41) is 11.5. The third-order valence-corrected chi connectivity index (χ3v) is 5.35. The van der Waals surface area contributed by atoms with Crippen molar-refractivity contribution in [3.05, 3.63) is 72.0 Å². The van der Waals surface area contributed by atoms with E-state index in [2.05, 4.69) is 20.4 Å². The Labute approximate surface area is 169 Å². The Balaban J connectivity index is 1.34. The number of hydrogen-bond donors (Lipinski definition) is 1. The lowest BCUT2D eigenvalue weighted by atomic mass is 9.95. The zero-order valence-corrected chi connectivity index (χ0v) is 16.3. The predicted octanol–water partition coefficient (Wildman–Crippen LogP) is 4.45. The lowest BCUT2D eigenvalue weighted by Gasteiger charge is -2.31. The van der Waals surface area contributed by atoms with Crippen molar-refractivity contribution in [3.8, 4) is 11.3 Å². The Hall–Kier alpha value is -3.28. The SMILES string of the molecule is Cc1ccc(NC(=O)C2CCN(c3ccc(-c4ccccc4)nn3)CC2)cc1F. The van der Waals surface area contributed by atoms with Crippen LogP contribution in [-0.4, -0.2) is 29.2 Å². The number of piperidine rings is 1. The molecule has 3 aromatic rings. The number of nitrogens with zero attached hydrogens (tertiary/aromatic N) is 3. The molecule has 0 bridgehead atoms. The van der Waals surface area contributed by atoms with Gasteiger partial charge in [0.05, 0.1) is 5.69 Å². The molecule has 0 unspecified atom stereocenters. The first-order valence-corrected chi connectivity index (χ1v) is 9.81. The summed E-state index contributed by atoms with van der Waals surface area (Å²) >= 11 is 0. The summed E-state index contributed by atoms with van der Waals surface area (Å²) in [6.07, 6.45) is 1.45. The molecule has 5 nitrogen and oxygen atoms in total. The molecule has 1 aliphatic rings. The first kappa shape index (κ1) is 19.1. The highest BCUT2D eigenvalue weighted by Crippen LogP contribution is 2.24. The fourth-order valence-electron chi connectivity index (χ4n) is 3.54. The molecule has 0 atom stereocenters. The molecule has 0 spiro atoms. The molecule has 2 aromatic carbocycles. The molecule has 1 N–H and O–H groups in total. The number of benzene rings is 2. The van der Waals surface area contributed by atoms with E-state index >= 15 is 0 Å². The summed E-state index contributed by atoms with van der Waals surface area (Å²) in [7, 11) is 0. The molecule has 2 heterocycles. The number of anilines is 2. The third-order valence-electron chi connectivity index (χ3n) is 5.35. The van der Waals surface area contributed by atoms with Crippen LogP contribution in [0.3, 0.4) is 0 Å². The zero-order chi connectivity index (χ0) is 20.2. The number of aromatic nitrogens is 2. The van der Waals surface area contributed by atoms with Crippen LogP contribution in [0.4, 0.5) is 15.9 Å². The molecular weight excluding hydrogens is 367 g/mol. The van der Waals surface area contributed by atoms with Crippen molar-refractivity contribution in [1.29, 1.82) is 0 Å². The first-order valence-electron chi connectivity index (χ1n) is 9.81. The van der Waals surface area contributed by atoms with E-state index in [-0.39, 0.29) is 17.6 Å². The summed E-state index contributed by atoms with van der Waals surface area (Å²) in [5.74, 6) is 0.366. The molecule has 0 aliphatic carbocycles. The van der Waals surface area contributed by atoms with E-state index in [9.17, 15) is 9.18 Å². The highest BCUT2D eigenvalue weighted by Gasteiger charge is 2.26. The van der Waals surface area contributed by atoms with Gasteiger partial charge in [0.1, 0.15) is 5.82 Å². The van der Waals surface area contributed by atoms with Crippen molar-refractivity contribution in [3.63, 3.8) is 0 Å². The van der Waals surface area contributed by atoms with Gasteiger partial charge in [0.15, 0.2) is 5.82 Å². The van der Waals surface area contributed by atoms with Crippen LogP contribution in [0.5, 0.6) is 0 Å². The fourth-order valence-corrected chi connectivity index (χ4v) is 3.54. The van der Waals surface area contributed by atoms with Gasteiger partial charge >= 0.3 is 0 Å². The van der Waals surface area contributed by atoms with Crippen LogP contribution in [0.1, 0.15) is 18.4 Å². The van der Waals surface area contributed by atoms with E-state index in [0.717, 1.165) is 43.0 Å². The number of aryl methyl sites for hydroxylation is 1. The molecule has 0 radical (unpaired) electrons. The molecule has 1 aromatic heterocycles. The minimum atomic E-state index is -0.310. The quantitative estimate of drug-likeness (QED) is 0.715. The van der Waals surface area contributed by atoms with Gasteiger partial charge in [0.2, 0.25) is 5.91 Å². The molecule has 1 aliphatic heterocycles. The van der Waals surface area contributed by atoms with Gasteiger partial charge in [-0.15, -0.1) is 10.2 Å². The molecule has 1 amide bonds. The number of rotatable bonds is 4. The maximum Gasteiger partial charge on any atom is 0.227 e. The minimum absolute atomic E-state index is 0.0570. The van der Waals surface area contributed by atoms with Crippen LogP contribution in [0.2, 0.25) is 0 Å². The fraction of sp³-hybridized carbons (Fsp3) is 0.261. The van der Waals surface area contributed by atoms with Gasteiger partial charge in [0.25, 0.3) is 0 Å². The number of carbonyl (C=O) groups is 1. The molecule has 148 valence electrons. The van der Waals surface area contributed by atoms with Crippen molar-refractivity contribution < 1.29 is 9.18 Å². The second-order valence-corrected chi connectivity index (χ2v) is 7.36. The third kappa shape index (κ3) is 4.42. The van der Waals surface area contributed by atoms with Gasteiger partial charge in [0, 0.05) is 30.3 Å². The van der Waals surface area contributed by atoms with Crippen LogP contribution in [0, 0.1) is 18.7 Å². The summed E-state index contributed by atoms with van der Waals surface area (Å²) in [4.78, 5) is 14.7. The van der Waals surface area contributed by atoms with Crippen LogP contribution >= 0.6 is 0 Å². The van der Waals surface area contributed by atoms with Gasteiger partial charge in [-0.05, 0) is 49.6 Å². The average molecular weight is 390 g/mol. The standard InChI is InChI=1S/C23H23FN4O/c1-16-7-8-19(15-20(16)24)25-23(29)18-11-13-28(14-12-18)22-10-9-21(26-27-22)17-5-3-2-4-6-17/h2-10,15,18H,11-14H2,1H3,(H,25,29). The molecular formula is C23H23FN4O. The monoisotopic (exact) mass is 390 g/mol. The molecule has 29 heavy (non-hydrogen) atoms. The average Bonchev–Trinajstić information content (AvgIpc) is 2.77. The minimum Gasteiger partial charge on any atom is -0.355 e. The Morgan fingerprint density at radius 3 is 2.45 bits per heavy atom. The zero-order valence-electron chi connectivity index (χ0n) is 16.3. The molecule has 4 rings (SSSR count). The number of nitrogens with one attached hydrogen (secondary N) is 1. The van der Waals surface area contributed by atoms with Crippen LogP contribution < -0.4 is 10.2 Å². The van der Waals surface area contributed by atoms with Crippen molar-refractivity contribution in [2.45, 2.75) is 19.8 Å². The summed E-state index contributed by atoms with van der Waals surface area (Å²) in [5.41, 5.74) is 2.95. The van der Waals surface area contributed by atoms with Crippen molar-refractivity contribution >= 4 is 17.4 Å². The number of amides is 1.